The van der Waals surface area contributed by atoms with Gasteiger partial charge >= 0.3 is 6.85 Å². The number of nitrogens with zero attached hydrogens (tertiary/aromatic N) is 3. The molecule has 0 spiro atoms. The largest absolute Gasteiger partial charge is 0.375 e. The number of fused-ring (bicyclic) bond motifs is 7. The molecular formula is C63H58BN3. The van der Waals surface area contributed by atoms with E-state index in [9.17, 15) is 0 Å². The lowest BCUT2D eigenvalue weighted by Gasteiger charge is -2.42. The molecule has 0 saturated carbocycles. The van der Waals surface area contributed by atoms with Crippen molar-refractivity contribution in [3.05, 3.63) is 192 Å². The SMILES string of the molecule is Cc1ccccc1-c1c(-c2ccccc2)n2c3c(cc(C(C)(C)C)cc13)-c1cc(C(C)(C)C)cc3c1B2c1cc2c(cc1N3c1ccc(C(C)(C)C)cc1)c1ccccc1n2-c1ccccc1. The average molecular weight is 868 g/mol. The maximum absolute atomic E-state index is 2.77. The number of aromatic nitrogens is 2. The number of para-hydroxylation sites is 2. The first-order valence-corrected chi connectivity index (χ1v) is 24.1. The first-order chi connectivity index (χ1) is 32.1. The summed E-state index contributed by atoms with van der Waals surface area (Å²) in [4.78, 5) is 2.62. The molecule has 2 aliphatic rings. The van der Waals surface area contributed by atoms with E-state index in [1.54, 1.807) is 0 Å². The molecule has 8 aromatic carbocycles. The Morgan fingerprint density at radius 3 is 1.73 bits per heavy atom. The molecule has 0 radical (unpaired) electrons. The monoisotopic (exact) mass is 867 g/mol. The van der Waals surface area contributed by atoms with Crippen molar-refractivity contribution in [2.24, 2.45) is 0 Å². The zero-order valence-corrected chi connectivity index (χ0v) is 40.6. The molecule has 0 N–H and O–H groups in total. The van der Waals surface area contributed by atoms with E-state index < -0.39 is 0 Å². The minimum absolute atomic E-state index is 0.0249. The lowest BCUT2D eigenvalue weighted by molar-refractivity contribution is 0.589. The van der Waals surface area contributed by atoms with Crippen molar-refractivity contribution < 1.29 is 0 Å². The fourth-order valence-electron chi connectivity index (χ4n) is 11.3. The van der Waals surface area contributed by atoms with Crippen molar-refractivity contribution in [3.63, 3.8) is 0 Å². The van der Waals surface area contributed by atoms with Crippen LogP contribution >= 0.6 is 0 Å². The molecule has 10 aromatic rings. The molecule has 0 fully saturated rings. The van der Waals surface area contributed by atoms with Crippen molar-refractivity contribution in [1.82, 2.24) is 9.05 Å². The van der Waals surface area contributed by atoms with Crippen molar-refractivity contribution >= 4 is 67.5 Å². The van der Waals surface area contributed by atoms with Gasteiger partial charge in [-0.05, 0) is 134 Å². The third-order valence-electron chi connectivity index (χ3n) is 14.9. The molecule has 2 aliphatic heterocycles. The van der Waals surface area contributed by atoms with Crippen molar-refractivity contribution in [2.45, 2.75) is 85.5 Å². The topological polar surface area (TPSA) is 13.1 Å². The highest BCUT2D eigenvalue weighted by Crippen LogP contribution is 2.52. The number of benzene rings is 8. The highest BCUT2D eigenvalue weighted by atomic mass is 15.2. The smallest absolute Gasteiger partial charge is 0.333 e. The van der Waals surface area contributed by atoms with Gasteiger partial charge in [-0.3, -0.25) is 0 Å². The van der Waals surface area contributed by atoms with Gasteiger partial charge in [0.05, 0.1) is 11.0 Å². The van der Waals surface area contributed by atoms with E-state index >= 15 is 0 Å². The Kier molecular flexibility index (Phi) is 8.95. The number of hydrogen-bond donors (Lipinski definition) is 0. The summed E-state index contributed by atoms with van der Waals surface area (Å²) in [6.45, 7) is 23.3. The van der Waals surface area contributed by atoms with Gasteiger partial charge in [-0.25, -0.2) is 0 Å². The zero-order chi connectivity index (χ0) is 46.3. The molecule has 0 amide bonds. The van der Waals surface area contributed by atoms with Crippen LogP contribution in [0.1, 0.15) is 84.6 Å². The molecule has 2 aromatic heterocycles. The molecule has 3 nitrogen and oxygen atoms in total. The third-order valence-corrected chi connectivity index (χ3v) is 14.9. The Balaban J connectivity index is 1.32. The molecule has 0 atom stereocenters. The lowest BCUT2D eigenvalue weighted by atomic mass is 9.44. The van der Waals surface area contributed by atoms with E-state index in [1.165, 1.54) is 116 Å². The minimum atomic E-state index is -0.144. The molecule has 4 heterocycles. The van der Waals surface area contributed by atoms with Crippen LogP contribution in [0.15, 0.2) is 170 Å². The van der Waals surface area contributed by atoms with Crippen LogP contribution in [0.4, 0.5) is 17.1 Å². The van der Waals surface area contributed by atoms with Crippen molar-refractivity contribution in [1.29, 1.82) is 0 Å². The molecule has 0 saturated heterocycles. The van der Waals surface area contributed by atoms with Crippen LogP contribution in [0.25, 0.3) is 71.9 Å². The highest BCUT2D eigenvalue weighted by molar-refractivity contribution is 6.90. The van der Waals surface area contributed by atoms with E-state index in [4.69, 9.17) is 0 Å². The molecule has 328 valence electrons. The van der Waals surface area contributed by atoms with Gasteiger partial charge in [0.15, 0.2) is 0 Å². The Bertz CT molecular complexity index is 3620. The summed E-state index contributed by atoms with van der Waals surface area (Å²) in [5, 5.41) is 3.81. The number of anilines is 3. The quantitative estimate of drug-likeness (QED) is 0.161. The van der Waals surface area contributed by atoms with Crippen LogP contribution in [-0.4, -0.2) is 15.9 Å². The summed E-state index contributed by atoms with van der Waals surface area (Å²) >= 11 is 0. The standard InChI is InChI=1S/C63H58BN3/c1-39-21-17-18-26-46(39)57-51-35-42(62(5,6)7)34-50-49-33-43(63(8,9)10)36-56-58(49)64(67(60(50)51)59(57)40-22-13-11-14-23-40)52-38-54-48(37-55(52)66(56)45-31-29-41(30-32-45)61(2,3)4)47-27-19-20-28-53(47)65(54)44-24-15-12-16-25-44/h11-38H,1-10H3. The summed E-state index contributed by atoms with van der Waals surface area (Å²) in [6, 6.07) is 64.8. The summed E-state index contributed by atoms with van der Waals surface area (Å²) in [7, 11) is 0. The minimum Gasteiger partial charge on any atom is -0.375 e. The highest BCUT2D eigenvalue weighted by Gasteiger charge is 2.45. The molecule has 0 aliphatic carbocycles. The van der Waals surface area contributed by atoms with Crippen LogP contribution in [0, 0.1) is 6.92 Å². The predicted molar refractivity (Wildman–Crippen MR) is 289 cm³/mol. The molecule has 0 unspecified atom stereocenters. The van der Waals surface area contributed by atoms with Crippen LogP contribution in [0.5, 0.6) is 0 Å². The second-order valence-electron chi connectivity index (χ2n) is 22.3. The van der Waals surface area contributed by atoms with Gasteiger partial charge in [-0.15, -0.1) is 0 Å². The van der Waals surface area contributed by atoms with Gasteiger partial charge in [0, 0.05) is 61.2 Å². The number of aryl methyl sites for hydroxylation is 1. The van der Waals surface area contributed by atoms with Crippen molar-refractivity contribution in [2.75, 3.05) is 4.90 Å². The van der Waals surface area contributed by atoms with E-state index in [2.05, 4.69) is 253 Å². The Morgan fingerprint density at radius 1 is 0.433 bits per heavy atom. The first kappa shape index (κ1) is 41.4. The predicted octanol–water partition coefficient (Wildman–Crippen LogP) is 15.7. The average Bonchev–Trinajstić information content (AvgIpc) is 3.82. The van der Waals surface area contributed by atoms with E-state index in [0.29, 0.717) is 0 Å². The van der Waals surface area contributed by atoms with Crippen LogP contribution in [0.2, 0.25) is 0 Å². The van der Waals surface area contributed by atoms with Crippen molar-refractivity contribution in [3.8, 4) is 39.2 Å². The van der Waals surface area contributed by atoms with Gasteiger partial charge in [-0.2, -0.15) is 0 Å². The van der Waals surface area contributed by atoms with Gasteiger partial charge in [-0.1, -0.05) is 172 Å². The van der Waals surface area contributed by atoms with E-state index in [-0.39, 0.29) is 23.1 Å². The normalized spacial score (nSPS) is 13.5. The second-order valence-corrected chi connectivity index (χ2v) is 22.3. The van der Waals surface area contributed by atoms with Crippen LogP contribution in [-0.2, 0) is 16.2 Å². The summed E-state index contributed by atoms with van der Waals surface area (Å²) in [5.74, 6) is 0. The van der Waals surface area contributed by atoms with Crippen LogP contribution < -0.4 is 15.8 Å². The maximum Gasteiger partial charge on any atom is 0.333 e. The Morgan fingerprint density at radius 2 is 1.04 bits per heavy atom. The van der Waals surface area contributed by atoms with Gasteiger partial charge in [0.1, 0.15) is 0 Å². The Hall–Kier alpha value is -7.04. The number of rotatable bonds is 4. The zero-order valence-electron chi connectivity index (χ0n) is 40.6. The van der Waals surface area contributed by atoms with E-state index in [1.807, 2.05) is 0 Å². The fraction of sp³-hybridized carbons (Fsp3) is 0.206. The number of hydrogen-bond acceptors (Lipinski definition) is 1. The van der Waals surface area contributed by atoms with Gasteiger partial charge in [0.25, 0.3) is 0 Å². The molecular weight excluding hydrogens is 810 g/mol. The summed E-state index contributed by atoms with van der Waals surface area (Å²) in [5.41, 5.74) is 24.0. The summed E-state index contributed by atoms with van der Waals surface area (Å²) in [6.07, 6.45) is 0. The van der Waals surface area contributed by atoms with E-state index in [0.717, 1.165) is 5.69 Å². The van der Waals surface area contributed by atoms with Crippen LogP contribution in [0.3, 0.4) is 0 Å². The van der Waals surface area contributed by atoms with Gasteiger partial charge < -0.3 is 13.9 Å². The maximum atomic E-state index is 2.77. The lowest BCUT2D eigenvalue weighted by Crippen LogP contribution is -2.57. The first-order valence-electron chi connectivity index (χ1n) is 24.1. The fourth-order valence-corrected chi connectivity index (χ4v) is 11.3. The summed E-state index contributed by atoms with van der Waals surface area (Å²) < 4.78 is 5.26. The molecule has 12 rings (SSSR count). The molecule has 0 bridgehead atoms. The van der Waals surface area contributed by atoms with Gasteiger partial charge in [0.2, 0.25) is 0 Å². The molecule has 67 heavy (non-hydrogen) atoms. The molecule has 4 heteroatoms. The third kappa shape index (κ3) is 6.25. The Labute approximate surface area is 396 Å². The second kappa shape index (κ2) is 14.5.